The first-order valence-corrected chi connectivity index (χ1v) is 7.08. The molecule has 0 aliphatic heterocycles. The van der Waals surface area contributed by atoms with E-state index in [1.807, 2.05) is 5.51 Å². The van der Waals surface area contributed by atoms with E-state index in [2.05, 4.69) is 54.4 Å². The maximum Gasteiger partial charge on any atom is 0.0814 e. The third-order valence-electron chi connectivity index (χ3n) is 3.39. The summed E-state index contributed by atoms with van der Waals surface area (Å²) in [6.07, 6.45) is 2.20. The molecule has 1 aromatic heterocycles. The number of benzene rings is 2. The third-order valence-corrected chi connectivity index (χ3v) is 4.35. The molecule has 0 fully saturated rings. The van der Waals surface area contributed by atoms with Crippen LogP contribution in [0, 0.1) is 6.92 Å². The van der Waals surface area contributed by atoms with Gasteiger partial charge in [0.1, 0.15) is 0 Å². The highest BCUT2D eigenvalue weighted by molar-refractivity contribution is 7.16. The number of rotatable bonds is 3. The van der Waals surface area contributed by atoms with Gasteiger partial charge in [0.15, 0.2) is 0 Å². The van der Waals surface area contributed by atoms with Crippen LogP contribution in [-0.4, -0.2) is 4.98 Å². The summed E-state index contributed by atoms with van der Waals surface area (Å²) < 4.78 is 1.33. The minimum absolute atomic E-state index is 1.10. The van der Waals surface area contributed by atoms with Crippen molar-refractivity contribution in [1.29, 1.82) is 0 Å². The lowest BCUT2D eigenvalue weighted by molar-refractivity contribution is 0.953. The number of fused-ring (bicyclic) bond motifs is 1. The molecule has 0 N–H and O–H groups in total. The predicted molar refractivity (Wildman–Crippen MR) is 78.2 cm³/mol. The summed E-state index contributed by atoms with van der Waals surface area (Å²) in [5.74, 6) is 0. The molecule has 0 amide bonds. The van der Waals surface area contributed by atoms with Gasteiger partial charge < -0.3 is 0 Å². The summed E-state index contributed by atoms with van der Waals surface area (Å²) in [5.41, 5.74) is 7.29. The summed E-state index contributed by atoms with van der Waals surface area (Å²) in [6.45, 7) is 2.21. The normalized spacial score (nSPS) is 10.9. The SMILES string of the molecule is Cc1c(CCc2ccccc2)ccc2ncsc12. The fraction of sp³-hybridized carbons (Fsp3) is 0.188. The van der Waals surface area contributed by atoms with Gasteiger partial charge in [-0.05, 0) is 42.5 Å². The summed E-state index contributed by atoms with van der Waals surface area (Å²) >= 11 is 1.74. The first-order valence-electron chi connectivity index (χ1n) is 6.20. The van der Waals surface area contributed by atoms with Crippen LogP contribution >= 0.6 is 11.3 Å². The maximum absolute atomic E-state index is 4.36. The molecule has 18 heavy (non-hydrogen) atoms. The van der Waals surface area contributed by atoms with Gasteiger partial charge in [-0.15, -0.1) is 11.3 Å². The average Bonchev–Trinajstić information content (AvgIpc) is 2.88. The molecule has 2 aromatic carbocycles. The molecule has 0 spiro atoms. The molecule has 0 unspecified atom stereocenters. The molecule has 0 aliphatic carbocycles. The Morgan fingerprint density at radius 3 is 2.67 bits per heavy atom. The lowest BCUT2D eigenvalue weighted by Gasteiger charge is -2.06. The highest BCUT2D eigenvalue weighted by Crippen LogP contribution is 2.25. The largest absolute Gasteiger partial charge is 0.245 e. The summed E-state index contributed by atoms with van der Waals surface area (Å²) in [5, 5.41) is 0. The fourth-order valence-corrected chi connectivity index (χ4v) is 3.12. The van der Waals surface area contributed by atoms with Crippen LogP contribution in [0.1, 0.15) is 16.7 Å². The Hall–Kier alpha value is -1.67. The minimum Gasteiger partial charge on any atom is -0.245 e. The van der Waals surface area contributed by atoms with Crippen LogP contribution < -0.4 is 0 Å². The van der Waals surface area contributed by atoms with Crippen LogP contribution in [0.3, 0.4) is 0 Å². The molecular weight excluding hydrogens is 238 g/mol. The van der Waals surface area contributed by atoms with Gasteiger partial charge in [0.2, 0.25) is 0 Å². The molecule has 0 radical (unpaired) electrons. The van der Waals surface area contributed by atoms with E-state index in [-0.39, 0.29) is 0 Å². The van der Waals surface area contributed by atoms with E-state index in [1.54, 1.807) is 11.3 Å². The number of hydrogen-bond donors (Lipinski definition) is 0. The van der Waals surface area contributed by atoms with Gasteiger partial charge in [0, 0.05) is 0 Å². The van der Waals surface area contributed by atoms with E-state index in [4.69, 9.17) is 0 Å². The Balaban J connectivity index is 1.84. The van der Waals surface area contributed by atoms with Crippen LogP contribution in [0.25, 0.3) is 10.2 Å². The van der Waals surface area contributed by atoms with Crippen LogP contribution in [-0.2, 0) is 12.8 Å². The van der Waals surface area contributed by atoms with Crippen molar-refractivity contribution in [3.63, 3.8) is 0 Å². The highest BCUT2D eigenvalue weighted by Gasteiger charge is 2.05. The Bertz CT molecular complexity index is 655. The van der Waals surface area contributed by atoms with Crippen molar-refractivity contribution in [2.45, 2.75) is 19.8 Å². The van der Waals surface area contributed by atoms with Crippen molar-refractivity contribution in [2.75, 3.05) is 0 Å². The van der Waals surface area contributed by atoms with E-state index in [9.17, 15) is 0 Å². The van der Waals surface area contributed by atoms with E-state index < -0.39 is 0 Å². The second-order valence-corrected chi connectivity index (χ2v) is 5.39. The van der Waals surface area contributed by atoms with Crippen molar-refractivity contribution < 1.29 is 0 Å². The molecule has 0 bridgehead atoms. The molecule has 3 aromatic rings. The van der Waals surface area contributed by atoms with E-state index in [0.717, 1.165) is 18.4 Å². The molecule has 0 saturated heterocycles. The maximum atomic E-state index is 4.36. The lowest BCUT2D eigenvalue weighted by atomic mass is 10.0. The number of hydrogen-bond acceptors (Lipinski definition) is 2. The van der Waals surface area contributed by atoms with Crippen LogP contribution in [0.2, 0.25) is 0 Å². The summed E-state index contributed by atoms with van der Waals surface area (Å²) in [4.78, 5) is 4.36. The molecule has 0 atom stereocenters. The van der Waals surface area contributed by atoms with Gasteiger partial charge in [-0.2, -0.15) is 0 Å². The monoisotopic (exact) mass is 253 g/mol. The van der Waals surface area contributed by atoms with Crippen LogP contribution in [0.5, 0.6) is 0 Å². The van der Waals surface area contributed by atoms with Crippen molar-refractivity contribution >= 4 is 21.6 Å². The Morgan fingerprint density at radius 1 is 1.00 bits per heavy atom. The van der Waals surface area contributed by atoms with E-state index in [1.165, 1.54) is 21.4 Å². The Labute approximate surface area is 111 Å². The lowest BCUT2D eigenvalue weighted by Crippen LogP contribution is -1.94. The van der Waals surface area contributed by atoms with Gasteiger partial charge in [-0.25, -0.2) is 4.98 Å². The molecule has 3 rings (SSSR count). The first-order chi connectivity index (χ1) is 8.84. The average molecular weight is 253 g/mol. The Kier molecular flexibility index (Phi) is 3.11. The predicted octanol–water partition coefficient (Wildman–Crippen LogP) is 4.39. The number of aryl methyl sites for hydroxylation is 3. The standard InChI is InChI=1S/C16H15NS/c1-12-14(8-7-13-5-3-2-4-6-13)9-10-15-16(12)18-11-17-15/h2-6,9-11H,7-8H2,1H3. The number of thiazole rings is 1. The third kappa shape index (κ3) is 2.16. The molecule has 1 heterocycles. The zero-order valence-electron chi connectivity index (χ0n) is 10.4. The van der Waals surface area contributed by atoms with Gasteiger partial charge in [0.25, 0.3) is 0 Å². The van der Waals surface area contributed by atoms with Crippen molar-refractivity contribution in [2.24, 2.45) is 0 Å². The summed E-state index contributed by atoms with van der Waals surface area (Å²) in [6, 6.07) is 15.0. The van der Waals surface area contributed by atoms with Crippen molar-refractivity contribution in [1.82, 2.24) is 4.98 Å². The van der Waals surface area contributed by atoms with Gasteiger partial charge in [0.05, 0.1) is 15.7 Å². The first kappa shape index (κ1) is 11.4. The fourth-order valence-electron chi connectivity index (χ4n) is 2.30. The smallest absolute Gasteiger partial charge is 0.0814 e. The molecule has 0 saturated carbocycles. The van der Waals surface area contributed by atoms with E-state index in [0.29, 0.717) is 0 Å². The second kappa shape index (κ2) is 4.91. The van der Waals surface area contributed by atoms with Gasteiger partial charge in [-0.3, -0.25) is 0 Å². The van der Waals surface area contributed by atoms with Crippen LogP contribution in [0.15, 0.2) is 48.0 Å². The summed E-state index contributed by atoms with van der Waals surface area (Å²) in [7, 11) is 0. The zero-order valence-corrected chi connectivity index (χ0v) is 11.2. The minimum atomic E-state index is 1.10. The highest BCUT2D eigenvalue weighted by atomic mass is 32.1. The zero-order chi connectivity index (χ0) is 12.4. The molecule has 1 nitrogen and oxygen atoms in total. The van der Waals surface area contributed by atoms with Crippen molar-refractivity contribution in [3.05, 3.63) is 64.7 Å². The molecule has 2 heteroatoms. The molecule has 0 aliphatic rings. The van der Waals surface area contributed by atoms with Crippen LogP contribution in [0.4, 0.5) is 0 Å². The quantitative estimate of drug-likeness (QED) is 0.674. The van der Waals surface area contributed by atoms with E-state index >= 15 is 0 Å². The molecule has 90 valence electrons. The topological polar surface area (TPSA) is 12.9 Å². The van der Waals surface area contributed by atoms with Crippen molar-refractivity contribution in [3.8, 4) is 0 Å². The number of aromatic nitrogens is 1. The molecular formula is C16H15NS. The number of nitrogens with zero attached hydrogens (tertiary/aromatic N) is 1. The van der Waals surface area contributed by atoms with Gasteiger partial charge >= 0.3 is 0 Å². The van der Waals surface area contributed by atoms with Gasteiger partial charge in [-0.1, -0.05) is 36.4 Å². The second-order valence-electron chi connectivity index (χ2n) is 4.54. The Morgan fingerprint density at radius 2 is 1.83 bits per heavy atom.